The number of carbonyl (C=O) groups is 1. The smallest absolute Gasteiger partial charge is 0.221 e. The highest BCUT2D eigenvalue weighted by atomic mass is 32.2. The molecule has 5 nitrogen and oxygen atoms in total. The van der Waals surface area contributed by atoms with Gasteiger partial charge < -0.3 is 5.32 Å². The lowest BCUT2D eigenvalue weighted by molar-refractivity contribution is -0.121. The molecular weight excluding hydrogens is 346 g/mol. The first-order chi connectivity index (χ1) is 12.7. The number of fused-ring (bicyclic) bond motifs is 1. The normalized spacial score (nSPS) is 10.8. The van der Waals surface area contributed by atoms with Gasteiger partial charge in [-0.05, 0) is 36.4 Å². The molecule has 0 saturated carbocycles. The maximum Gasteiger partial charge on any atom is 0.221 e. The number of hydrogen-bond acceptors (Lipinski definition) is 4. The third-order valence-corrected chi connectivity index (χ3v) is 5.07. The first-order valence-corrected chi connectivity index (χ1v) is 9.62. The first-order valence-electron chi connectivity index (χ1n) is 8.63. The number of benzene rings is 2. The summed E-state index contributed by atoms with van der Waals surface area (Å²) in [6.07, 6.45) is 2.57. The molecule has 0 spiro atoms. The second kappa shape index (κ2) is 9.20. The summed E-state index contributed by atoms with van der Waals surface area (Å²) in [4.78, 5) is 25.1. The zero-order chi connectivity index (χ0) is 18.2. The predicted molar refractivity (Wildman–Crippen MR) is 105 cm³/mol. The van der Waals surface area contributed by atoms with Crippen LogP contribution in [-0.4, -0.2) is 28.0 Å². The molecule has 0 unspecified atom stereocenters. The average molecular weight is 367 g/mol. The molecule has 0 aliphatic heterocycles. The third kappa shape index (κ3) is 4.95. The molecule has 0 bridgehead atoms. The van der Waals surface area contributed by atoms with Gasteiger partial charge >= 0.3 is 0 Å². The highest BCUT2D eigenvalue weighted by molar-refractivity contribution is 7.99. The van der Waals surface area contributed by atoms with Gasteiger partial charge in [-0.25, -0.2) is 0 Å². The minimum Gasteiger partial charge on any atom is -0.356 e. The second-order valence-corrected chi connectivity index (χ2v) is 7.03. The van der Waals surface area contributed by atoms with E-state index in [1.807, 2.05) is 36.4 Å². The summed E-state index contributed by atoms with van der Waals surface area (Å²) in [6.45, 7) is 1.11. The Balaban J connectivity index is 1.42. The highest BCUT2D eigenvalue weighted by Crippen LogP contribution is 2.17. The number of nitrogens with zero attached hydrogens (tertiary/aromatic N) is 2. The zero-order valence-corrected chi connectivity index (χ0v) is 15.2. The topological polar surface area (TPSA) is 64.0 Å². The van der Waals surface area contributed by atoms with Crippen molar-refractivity contribution in [3.05, 3.63) is 71.0 Å². The van der Waals surface area contributed by atoms with Gasteiger partial charge in [-0.15, -0.1) is 11.8 Å². The number of hydrogen-bond donors (Lipinski definition) is 1. The van der Waals surface area contributed by atoms with E-state index in [0.717, 1.165) is 17.7 Å². The van der Waals surface area contributed by atoms with E-state index in [-0.39, 0.29) is 11.3 Å². The molecule has 134 valence electrons. The summed E-state index contributed by atoms with van der Waals surface area (Å²) < 4.78 is 1.71. The number of thioether (sulfide) groups is 1. The summed E-state index contributed by atoms with van der Waals surface area (Å²) in [7, 11) is 0. The van der Waals surface area contributed by atoms with Gasteiger partial charge in [0.15, 0.2) is 0 Å². The Morgan fingerprint density at radius 1 is 1.08 bits per heavy atom. The van der Waals surface area contributed by atoms with Crippen molar-refractivity contribution in [3.8, 4) is 0 Å². The average Bonchev–Trinajstić information content (AvgIpc) is 2.68. The second-order valence-electron chi connectivity index (χ2n) is 5.86. The fraction of sp³-hybridized carbons (Fsp3) is 0.250. The standard InChI is InChI=1S/C20H21N3O2S/c24-19-15-22-23(18-10-5-4-9-17(18)19)13-11-20(25)21-12-6-14-26-16-7-2-1-3-8-16/h1-5,7-10,15H,6,11-14H2,(H,21,25). The van der Waals surface area contributed by atoms with Gasteiger partial charge in [0.2, 0.25) is 11.3 Å². The number of nitrogens with one attached hydrogen (secondary N) is 1. The zero-order valence-electron chi connectivity index (χ0n) is 14.4. The summed E-state index contributed by atoms with van der Waals surface area (Å²) in [5.74, 6) is 0.968. The molecular formula is C20H21N3O2S. The molecule has 0 atom stereocenters. The predicted octanol–water partition coefficient (Wildman–Crippen LogP) is 3.09. The number of carbonyl (C=O) groups excluding carboxylic acids is 1. The highest BCUT2D eigenvalue weighted by Gasteiger charge is 2.06. The Morgan fingerprint density at radius 3 is 2.69 bits per heavy atom. The van der Waals surface area contributed by atoms with Crippen molar-refractivity contribution < 1.29 is 4.79 Å². The minimum absolute atomic E-state index is 0.000655. The number of para-hydroxylation sites is 1. The van der Waals surface area contributed by atoms with Gasteiger partial charge in [0.25, 0.3) is 0 Å². The molecule has 0 aliphatic rings. The molecule has 0 aliphatic carbocycles. The SMILES string of the molecule is O=C(CCn1ncc(=O)c2ccccc21)NCCCSc1ccccc1. The van der Waals surface area contributed by atoms with Crippen LogP contribution in [0.2, 0.25) is 0 Å². The van der Waals surface area contributed by atoms with Crippen molar-refractivity contribution in [1.29, 1.82) is 0 Å². The molecule has 1 heterocycles. The lowest BCUT2D eigenvalue weighted by Crippen LogP contribution is -2.26. The monoisotopic (exact) mass is 367 g/mol. The fourth-order valence-corrected chi connectivity index (χ4v) is 3.52. The minimum atomic E-state index is -0.0998. The largest absolute Gasteiger partial charge is 0.356 e. The lowest BCUT2D eigenvalue weighted by atomic mass is 10.2. The van der Waals surface area contributed by atoms with Gasteiger partial charge in [-0.1, -0.05) is 30.3 Å². The maximum atomic E-state index is 12.0. The van der Waals surface area contributed by atoms with E-state index < -0.39 is 0 Å². The quantitative estimate of drug-likeness (QED) is 0.491. The van der Waals surface area contributed by atoms with Crippen molar-refractivity contribution in [2.75, 3.05) is 12.3 Å². The van der Waals surface area contributed by atoms with Crippen LogP contribution in [0.4, 0.5) is 0 Å². The number of aromatic nitrogens is 2. The Morgan fingerprint density at radius 2 is 1.85 bits per heavy atom. The van der Waals surface area contributed by atoms with Crippen LogP contribution in [0.1, 0.15) is 12.8 Å². The van der Waals surface area contributed by atoms with E-state index in [1.54, 1.807) is 22.5 Å². The van der Waals surface area contributed by atoms with E-state index >= 15 is 0 Å². The molecule has 0 saturated heterocycles. The lowest BCUT2D eigenvalue weighted by Gasteiger charge is -2.09. The van der Waals surface area contributed by atoms with Crippen LogP contribution in [0, 0.1) is 0 Å². The molecule has 6 heteroatoms. The molecule has 1 N–H and O–H groups in total. The maximum absolute atomic E-state index is 12.0. The van der Waals surface area contributed by atoms with E-state index in [0.29, 0.717) is 24.9 Å². The van der Waals surface area contributed by atoms with Crippen LogP contribution in [-0.2, 0) is 11.3 Å². The molecule has 0 fully saturated rings. The molecule has 2 aromatic carbocycles. The van der Waals surface area contributed by atoms with Crippen molar-refractivity contribution in [3.63, 3.8) is 0 Å². The van der Waals surface area contributed by atoms with Crippen LogP contribution < -0.4 is 10.7 Å². The summed E-state index contributed by atoms with van der Waals surface area (Å²) in [5.41, 5.74) is 0.657. The van der Waals surface area contributed by atoms with E-state index in [1.165, 1.54) is 11.1 Å². The van der Waals surface area contributed by atoms with Gasteiger partial charge in [0, 0.05) is 23.2 Å². The van der Waals surface area contributed by atoms with Crippen molar-refractivity contribution in [2.45, 2.75) is 24.3 Å². The van der Waals surface area contributed by atoms with Crippen molar-refractivity contribution >= 4 is 28.6 Å². The van der Waals surface area contributed by atoms with Gasteiger partial charge in [-0.2, -0.15) is 5.10 Å². The molecule has 3 aromatic rings. The summed E-state index contributed by atoms with van der Waals surface area (Å²) >= 11 is 1.79. The van der Waals surface area contributed by atoms with Gasteiger partial charge in [0.05, 0.1) is 18.3 Å². The summed E-state index contributed by atoms with van der Waals surface area (Å²) in [5, 5.41) is 7.71. The molecule has 26 heavy (non-hydrogen) atoms. The first kappa shape index (κ1) is 18.2. The van der Waals surface area contributed by atoms with Crippen LogP contribution >= 0.6 is 11.8 Å². The molecule has 1 amide bonds. The Kier molecular flexibility index (Phi) is 6.44. The van der Waals surface area contributed by atoms with Crippen LogP contribution in [0.3, 0.4) is 0 Å². The van der Waals surface area contributed by atoms with Crippen molar-refractivity contribution in [1.82, 2.24) is 15.1 Å². The van der Waals surface area contributed by atoms with E-state index in [9.17, 15) is 9.59 Å². The van der Waals surface area contributed by atoms with Crippen LogP contribution in [0.5, 0.6) is 0 Å². The Hall–Kier alpha value is -2.60. The summed E-state index contributed by atoms with van der Waals surface area (Å²) in [6, 6.07) is 17.6. The Bertz CT molecular complexity index is 925. The number of aryl methyl sites for hydroxylation is 1. The van der Waals surface area contributed by atoms with E-state index in [2.05, 4.69) is 22.5 Å². The fourth-order valence-electron chi connectivity index (χ4n) is 2.64. The molecule has 1 aromatic heterocycles. The number of amides is 1. The van der Waals surface area contributed by atoms with Gasteiger partial charge in [0.1, 0.15) is 0 Å². The number of rotatable bonds is 8. The Labute approximate surface area is 156 Å². The van der Waals surface area contributed by atoms with Gasteiger partial charge in [-0.3, -0.25) is 14.3 Å². The van der Waals surface area contributed by atoms with E-state index in [4.69, 9.17) is 0 Å². The molecule has 3 rings (SSSR count). The van der Waals surface area contributed by atoms with Crippen LogP contribution in [0.15, 0.2) is 70.5 Å². The third-order valence-electron chi connectivity index (χ3n) is 3.97. The van der Waals surface area contributed by atoms with Crippen LogP contribution in [0.25, 0.3) is 10.9 Å². The van der Waals surface area contributed by atoms with Crippen molar-refractivity contribution in [2.24, 2.45) is 0 Å². The molecule has 0 radical (unpaired) electrons.